The van der Waals surface area contributed by atoms with Crippen LogP contribution in [-0.2, 0) is 28.7 Å². The van der Waals surface area contributed by atoms with Gasteiger partial charge in [-0.25, -0.2) is 0 Å². The molecule has 0 bridgehead atoms. The summed E-state index contributed by atoms with van der Waals surface area (Å²) >= 11 is 20.2. The molecule has 2 heterocycles. The molecule has 2 amide bonds. The number of hydrogen-bond acceptors (Lipinski definition) is 13. The summed E-state index contributed by atoms with van der Waals surface area (Å²) < 4.78 is 18.7. The van der Waals surface area contributed by atoms with Gasteiger partial charge in [-0.15, -0.1) is 0 Å². The number of aliphatic hydroxyl groups is 4. The lowest BCUT2D eigenvalue weighted by atomic mass is 9.80. The Morgan fingerprint density at radius 2 is 1.60 bits per heavy atom. The Kier molecular flexibility index (Phi) is 12.8. The summed E-state index contributed by atoms with van der Waals surface area (Å²) in [7, 11) is 2.88. The summed E-state index contributed by atoms with van der Waals surface area (Å²) in [6, 6.07) is 3.02. The van der Waals surface area contributed by atoms with Crippen LogP contribution in [0.3, 0.4) is 0 Å². The molecule has 0 aromatic heterocycles. The summed E-state index contributed by atoms with van der Waals surface area (Å²) in [6.07, 6.45) is 0.170. The summed E-state index contributed by atoms with van der Waals surface area (Å²) in [5, 5.41) is 56.7. The molecule has 2 spiro atoms. The lowest BCUT2D eigenvalue weighted by Gasteiger charge is -2.36. The molecule has 1 aromatic rings. The Hall–Kier alpha value is -1.82. The molecule has 5 rings (SSSR count). The molecular weight excluding hydrogens is 1080 g/mol. The van der Waals surface area contributed by atoms with Crippen LogP contribution in [0.2, 0.25) is 0 Å². The number of halogens is 6. The van der Waals surface area contributed by atoms with Gasteiger partial charge >= 0.3 is 0 Å². The van der Waals surface area contributed by atoms with Crippen LogP contribution in [0, 0.1) is 5.92 Å². The zero-order chi connectivity index (χ0) is 38.3. The van der Waals surface area contributed by atoms with Crippen LogP contribution in [0.25, 0.3) is 0 Å². The number of nitrogens with zero attached hydrogens (tertiary/aromatic N) is 2. The number of nitrogens with one attached hydrogen (secondary N) is 2. The molecule has 2 aliphatic carbocycles. The van der Waals surface area contributed by atoms with E-state index in [4.69, 9.17) is 23.9 Å². The van der Waals surface area contributed by atoms with Crippen molar-refractivity contribution in [1.29, 1.82) is 0 Å². The Morgan fingerprint density at radius 1 is 1.00 bits per heavy atom. The maximum Gasteiger partial charge on any atom is 0.269 e. The zero-order valence-electron chi connectivity index (χ0n) is 27.1. The van der Waals surface area contributed by atoms with Crippen molar-refractivity contribution in [3.63, 3.8) is 0 Å². The van der Waals surface area contributed by atoms with Gasteiger partial charge < -0.3 is 54.9 Å². The van der Waals surface area contributed by atoms with E-state index in [9.17, 15) is 30.0 Å². The van der Waals surface area contributed by atoms with Crippen molar-refractivity contribution in [3.05, 3.63) is 68.2 Å². The maximum atomic E-state index is 13.4. The molecule has 1 aromatic carbocycles. The Labute approximate surface area is 347 Å². The predicted molar refractivity (Wildman–Crippen MR) is 208 cm³/mol. The third-order valence-corrected chi connectivity index (χ3v) is 12.3. The van der Waals surface area contributed by atoms with Crippen LogP contribution >= 0.6 is 95.6 Å². The molecule has 15 nitrogen and oxygen atoms in total. The van der Waals surface area contributed by atoms with E-state index in [-0.39, 0.29) is 41.1 Å². The number of hydrogen-bond donors (Lipinski definition) is 6. The lowest BCUT2D eigenvalue weighted by Crippen LogP contribution is -2.54. The number of aliphatic hydroxyl groups excluding tert-OH is 3. The van der Waals surface area contributed by atoms with Crippen LogP contribution in [-0.4, -0.2) is 101 Å². The highest BCUT2D eigenvalue weighted by Crippen LogP contribution is 2.46. The molecule has 2 aliphatic heterocycles. The molecule has 7 atom stereocenters. The van der Waals surface area contributed by atoms with Gasteiger partial charge in [-0.05, 0) is 127 Å². The average Bonchev–Trinajstić information content (AvgIpc) is 3.71. The van der Waals surface area contributed by atoms with Crippen molar-refractivity contribution in [1.82, 2.24) is 10.6 Å². The molecule has 0 saturated carbocycles. The van der Waals surface area contributed by atoms with Gasteiger partial charge in [-0.3, -0.25) is 9.59 Å². The number of oxime groups is 2. The molecular formula is C31H30Br6N4O11. The van der Waals surface area contributed by atoms with Crippen molar-refractivity contribution in [2.24, 2.45) is 16.2 Å². The van der Waals surface area contributed by atoms with Crippen molar-refractivity contribution in [3.8, 4) is 5.75 Å². The monoisotopic (exact) mass is 1110 g/mol. The predicted octanol–water partition coefficient (Wildman–Crippen LogP) is 4.26. The number of methoxy groups -OCH3 is 2. The molecule has 0 saturated heterocycles. The van der Waals surface area contributed by atoms with Crippen molar-refractivity contribution in [2.45, 2.75) is 48.6 Å². The molecule has 6 N–H and O–H groups in total. The molecule has 4 aliphatic rings. The fourth-order valence-electron chi connectivity index (χ4n) is 5.59. The van der Waals surface area contributed by atoms with Gasteiger partial charge in [0.1, 0.15) is 53.3 Å². The molecule has 0 fully saturated rings. The summed E-state index contributed by atoms with van der Waals surface area (Å²) in [4.78, 5) is 37.4. The van der Waals surface area contributed by atoms with Crippen LogP contribution < -0.4 is 15.4 Å². The highest BCUT2D eigenvalue weighted by atomic mass is 79.9. The number of carbonyl (C=O) groups is 2. The topological polar surface area (TPSA) is 210 Å². The number of rotatable bonds is 11. The van der Waals surface area contributed by atoms with Gasteiger partial charge in [-0.1, -0.05) is 10.3 Å². The third kappa shape index (κ3) is 7.95. The number of allylic oxidation sites excluding steroid dienone is 2. The van der Waals surface area contributed by atoms with E-state index in [1.54, 1.807) is 6.08 Å². The minimum absolute atomic E-state index is 0.00677. The lowest BCUT2D eigenvalue weighted by molar-refractivity contribution is -0.137. The van der Waals surface area contributed by atoms with Gasteiger partial charge in [0.15, 0.2) is 11.8 Å². The summed E-state index contributed by atoms with van der Waals surface area (Å²) in [5.74, 6) is -1.47. The van der Waals surface area contributed by atoms with Crippen LogP contribution in [0.4, 0.5) is 0 Å². The van der Waals surface area contributed by atoms with Gasteiger partial charge in [0.25, 0.3) is 5.91 Å². The van der Waals surface area contributed by atoms with E-state index in [2.05, 4.69) is 117 Å². The van der Waals surface area contributed by atoms with Crippen molar-refractivity contribution in [2.75, 3.05) is 27.4 Å². The summed E-state index contributed by atoms with van der Waals surface area (Å²) in [6.45, 7) is 0.955. The van der Waals surface area contributed by atoms with Crippen molar-refractivity contribution >= 4 is 119 Å². The highest BCUT2D eigenvalue weighted by molar-refractivity contribution is 9.12. The van der Waals surface area contributed by atoms with Crippen LogP contribution in [0.15, 0.2) is 73.0 Å². The van der Waals surface area contributed by atoms with E-state index < -0.39 is 53.0 Å². The van der Waals surface area contributed by atoms with Crippen LogP contribution in [0.5, 0.6) is 5.75 Å². The minimum atomic E-state index is -1.62. The first-order valence-corrected chi connectivity index (χ1v) is 19.7. The van der Waals surface area contributed by atoms with E-state index in [0.29, 0.717) is 33.9 Å². The second-order valence-corrected chi connectivity index (χ2v) is 17.3. The standard InChI is InChI=1S/C31H30Br6N4O11/c1-29(47,10-38-28(46)18-8-30(51-41-18)6-16(34)22(48-2)19(36)24(30)42)11-50-21-14(32)4-12(5-15(21)33)26(44)40-27(45)13-9-39-52-31(13)7-17(35)23(49-3)20(37)25(31)43/h4-7,9,13,24-26,42-44,47H,8,10-11H2,1-3H3,(H,38,46)(H,40,45)/t13-,24+,25-,26-,29+,30-,31+/m0/s1. The van der Waals surface area contributed by atoms with Gasteiger partial charge in [-0.2, -0.15) is 0 Å². The highest BCUT2D eigenvalue weighted by Gasteiger charge is 2.56. The normalized spacial score (nSPS) is 28.4. The molecule has 0 unspecified atom stereocenters. The van der Waals surface area contributed by atoms with Gasteiger partial charge in [0.2, 0.25) is 11.5 Å². The first-order chi connectivity index (χ1) is 24.4. The molecule has 0 radical (unpaired) electrons. The largest absolute Gasteiger partial charge is 0.495 e. The number of carbonyl (C=O) groups excluding carboxylic acids is 2. The van der Waals surface area contributed by atoms with E-state index in [0.717, 1.165) is 0 Å². The molecule has 52 heavy (non-hydrogen) atoms. The number of ether oxygens (including phenoxy) is 3. The van der Waals surface area contributed by atoms with E-state index >= 15 is 0 Å². The molecule has 282 valence electrons. The van der Waals surface area contributed by atoms with Gasteiger partial charge in [0.05, 0.1) is 47.3 Å². The van der Waals surface area contributed by atoms with Crippen molar-refractivity contribution < 1.29 is 53.9 Å². The smallest absolute Gasteiger partial charge is 0.269 e. The Morgan fingerprint density at radius 3 is 2.21 bits per heavy atom. The SMILES string of the molecule is COC1=C(Br)[C@@H](O)[C@]2(C=C1Br)CC(C(=O)NC[C@@](C)(O)COc1c(Br)cc([C@H](O)NC(=O)[C@@H]3C=NO[C@]34C=C(Br)C(OC)=C(Br)[C@@H]4O)cc1Br)=NO2. The Bertz CT molecular complexity index is 1830. The fraction of sp³-hybridized carbons (Fsp3) is 0.419. The van der Waals surface area contributed by atoms with E-state index in [1.165, 1.54) is 45.6 Å². The first-order valence-electron chi connectivity index (χ1n) is 15.0. The maximum absolute atomic E-state index is 13.4. The third-order valence-electron chi connectivity index (χ3n) is 8.36. The zero-order valence-corrected chi connectivity index (χ0v) is 36.6. The minimum Gasteiger partial charge on any atom is -0.495 e. The second kappa shape index (κ2) is 16.1. The first kappa shape index (κ1) is 41.3. The van der Waals surface area contributed by atoms with Crippen LogP contribution in [0.1, 0.15) is 25.1 Å². The second-order valence-electron chi connectivity index (χ2n) is 12.2. The quantitative estimate of drug-likeness (QED) is 0.173. The van der Waals surface area contributed by atoms with Gasteiger partial charge in [0, 0.05) is 18.5 Å². The number of benzene rings is 1. The molecule has 21 heteroatoms. The number of amides is 2. The fourth-order valence-corrected chi connectivity index (χ4v) is 10.6. The average molecular weight is 1110 g/mol. The summed E-state index contributed by atoms with van der Waals surface area (Å²) in [5.41, 5.74) is -4.25. The Balaban J connectivity index is 1.17. The van der Waals surface area contributed by atoms with E-state index in [1.807, 2.05) is 0 Å².